The molecule has 6 nitrogen and oxygen atoms in total. The summed E-state index contributed by atoms with van der Waals surface area (Å²) in [6, 6.07) is 9.42. The lowest BCUT2D eigenvalue weighted by Gasteiger charge is -2.32. The molecule has 2 aliphatic rings. The van der Waals surface area contributed by atoms with Crippen LogP contribution < -0.4 is 0 Å². The van der Waals surface area contributed by atoms with Crippen molar-refractivity contribution in [1.29, 1.82) is 0 Å². The van der Waals surface area contributed by atoms with Crippen LogP contribution in [0.5, 0.6) is 0 Å². The third kappa shape index (κ3) is 4.13. The summed E-state index contributed by atoms with van der Waals surface area (Å²) in [4.78, 5) is 28.6. The van der Waals surface area contributed by atoms with Crippen molar-refractivity contribution in [1.82, 2.24) is 9.80 Å². The molecule has 2 amide bonds. The van der Waals surface area contributed by atoms with Crippen LogP contribution in [-0.2, 0) is 25.7 Å². The highest BCUT2D eigenvalue weighted by atomic mass is 16.5. The SMILES string of the molecule is O=C([C@@H]1CCCN1C(=O)COCc1ccccc1)N1CCOCC1. The average Bonchev–Trinajstić information content (AvgIpc) is 3.12. The predicted octanol–water partition coefficient (Wildman–Crippen LogP) is 1.05. The zero-order valence-corrected chi connectivity index (χ0v) is 13.9. The van der Waals surface area contributed by atoms with E-state index in [-0.39, 0.29) is 24.5 Å². The van der Waals surface area contributed by atoms with Gasteiger partial charge in [0.25, 0.3) is 0 Å². The van der Waals surface area contributed by atoms with Gasteiger partial charge in [0, 0.05) is 19.6 Å². The molecule has 24 heavy (non-hydrogen) atoms. The largest absolute Gasteiger partial charge is 0.378 e. The number of likely N-dealkylation sites (tertiary alicyclic amines) is 1. The Bertz CT molecular complexity index is 557. The maximum atomic E-state index is 12.6. The van der Waals surface area contributed by atoms with Crippen molar-refractivity contribution in [3.8, 4) is 0 Å². The second-order valence-corrected chi connectivity index (χ2v) is 6.16. The van der Waals surface area contributed by atoms with E-state index >= 15 is 0 Å². The van der Waals surface area contributed by atoms with E-state index in [1.165, 1.54) is 0 Å². The van der Waals surface area contributed by atoms with E-state index in [0.717, 1.165) is 18.4 Å². The lowest BCUT2D eigenvalue weighted by atomic mass is 10.2. The summed E-state index contributed by atoms with van der Waals surface area (Å²) in [5, 5.41) is 0. The fraction of sp³-hybridized carbons (Fsp3) is 0.556. The van der Waals surface area contributed by atoms with Crippen molar-refractivity contribution >= 4 is 11.8 Å². The second kappa shape index (κ2) is 8.26. The maximum Gasteiger partial charge on any atom is 0.249 e. The predicted molar refractivity (Wildman–Crippen MR) is 88.2 cm³/mol. The molecule has 130 valence electrons. The van der Waals surface area contributed by atoms with E-state index in [9.17, 15) is 9.59 Å². The summed E-state index contributed by atoms with van der Waals surface area (Å²) in [5.74, 6) is -0.0535. The molecule has 0 spiro atoms. The van der Waals surface area contributed by atoms with Gasteiger partial charge in [0.05, 0.1) is 19.8 Å². The third-order valence-electron chi connectivity index (χ3n) is 4.52. The molecule has 0 unspecified atom stereocenters. The highest BCUT2D eigenvalue weighted by Crippen LogP contribution is 2.20. The minimum absolute atomic E-state index is 0.0157. The highest BCUT2D eigenvalue weighted by Gasteiger charge is 2.36. The Morgan fingerprint density at radius 3 is 2.62 bits per heavy atom. The Hall–Kier alpha value is -1.92. The number of morpholine rings is 1. The lowest BCUT2D eigenvalue weighted by Crippen LogP contribution is -2.51. The van der Waals surface area contributed by atoms with E-state index in [2.05, 4.69) is 0 Å². The molecule has 3 rings (SSSR count). The number of ether oxygens (including phenoxy) is 2. The minimum atomic E-state index is -0.337. The number of nitrogens with zero attached hydrogens (tertiary/aromatic N) is 2. The monoisotopic (exact) mass is 332 g/mol. The van der Waals surface area contributed by atoms with Crippen LogP contribution in [0.1, 0.15) is 18.4 Å². The summed E-state index contributed by atoms with van der Waals surface area (Å²) in [5.41, 5.74) is 1.03. The molecular weight excluding hydrogens is 308 g/mol. The molecule has 2 fully saturated rings. The number of hydrogen-bond donors (Lipinski definition) is 0. The standard InChI is InChI=1S/C18H24N2O4/c21-17(14-24-13-15-5-2-1-3-6-15)20-8-4-7-16(20)18(22)19-9-11-23-12-10-19/h1-3,5-6,16H,4,7-14H2/t16-/m0/s1. The Kier molecular flexibility index (Phi) is 5.82. The average molecular weight is 332 g/mol. The van der Waals surface area contributed by atoms with Crippen molar-refractivity contribution in [3.63, 3.8) is 0 Å². The van der Waals surface area contributed by atoms with Crippen LogP contribution in [0.15, 0.2) is 30.3 Å². The van der Waals surface area contributed by atoms with E-state index in [1.807, 2.05) is 35.2 Å². The topological polar surface area (TPSA) is 59.1 Å². The molecule has 1 atom stereocenters. The second-order valence-electron chi connectivity index (χ2n) is 6.16. The Balaban J connectivity index is 1.50. The molecule has 0 aromatic heterocycles. The van der Waals surface area contributed by atoms with Crippen LogP contribution in [-0.4, -0.2) is 67.1 Å². The molecule has 0 saturated carbocycles. The molecule has 2 saturated heterocycles. The fourth-order valence-corrected chi connectivity index (χ4v) is 3.23. The van der Waals surface area contributed by atoms with E-state index in [4.69, 9.17) is 9.47 Å². The first kappa shape index (κ1) is 16.9. The van der Waals surface area contributed by atoms with Crippen LogP contribution in [0.2, 0.25) is 0 Å². The Labute approximate surface area is 142 Å². The van der Waals surface area contributed by atoms with Crippen LogP contribution >= 0.6 is 0 Å². The number of amides is 2. The molecule has 0 aliphatic carbocycles. The van der Waals surface area contributed by atoms with Crippen LogP contribution in [0.4, 0.5) is 0 Å². The Morgan fingerprint density at radius 2 is 1.88 bits per heavy atom. The third-order valence-corrected chi connectivity index (χ3v) is 4.52. The summed E-state index contributed by atoms with van der Waals surface area (Å²) in [6.45, 7) is 3.43. The number of benzene rings is 1. The van der Waals surface area contributed by atoms with E-state index in [0.29, 0.717) is 39.5 Å². The molecular formula is C18H24N2O4. The van der Waals surface area contributed by atoms with Crippen LogP contribution in [0.3, 0.4) is 0 Å². The zero-order chi connectivity index (χ0) is 16.8. The first-order chi connectivity index (χ1) is 11.8. The normalized spacial score (nSPS) is 21.1. The molecule has 0 N–H and O–H groups in total. The van der Waals surface area contributed by atoms with Crippen molar-refractivity contribution in [2.45, 2.75) is 25.5 Å². The van der Waals surface area contributed by atoms with Crippen LogP contribution in [0, 0.1) is 0 Å². The summed E-state index contributed by atoms with van der Waals surface area (Å²) < 4.78 is 10.8. The number of carbonyl (C=O) groups is 2. The number of carbonyl (C=O) groups excluding carboxylic acids is 2. The van der Waals surface area contributed by atoms with Gasteiger partial charge in [-0.05, 0) is 18.4 Å². The molecule has 2 aliphatic heterocycles. The van der Waals surface area contributed by atoms with Crippen LogP contribution in [0.25, 0.3) is 0 Å². The van der Waals surface area contributed by atoms with Gasteiger partial charge < -0.3 is 19.3 Å². The summed E-state index contributed by atoms with van der Waals surface area (Å²) >= 11 is 0. The van der Waals surface area contributed by atoms with Gasteiger partial charge in [0.1, 0.15) is 12.6 Å². The molecule has 2 heterocycles. The van der Waals surface area contributed by atoms with Gasteiger partial charge in [-0.1, -0.05) is 30.3 Å². The maximum absolute atomic E-state index is 12.6. The molecule has 0 bridgehead atoms. The summed E-state index contributed by atoms with van der Waals surface area (Å²) in [6.07, 6.45) is 1.60. The molecule has 1 aromatic carbocycles. The first-order valence-corrected chi connectivity index (χ1v) is 8.53. The minimum Gasteiger partial charge on any atom is -0.378 e. The Morgan fingerprint density at radius 1 is 1.12 bits per heavy atom. The zero-order valence-electron chi connectivity index (χ0n) is 13.9. The first-order valence-electron chi connectivity index (χ1n) is 8.53. The quantitative estimate of drug-likeness (QED) is 0.809. The van der Waals surface area contributed by atoms with E-state index in [1.54, 1.807) is 4.90 Å². The van der Waals surface area contributed by atoms with Crippen molar-refractivity contribution in [2.75, 3.05) is 39.5 Å². The van der Waals surface area contributed by atoms with Gasteiger partial charge in [0.15, 0.2) is 0 Å². The van der Waals surface area contributed by atoms with Gasteiger partial charge in [0.2, 0.25) is 11.8 Å². The van der Waals surface area contributed by atoms with E-state index < -0.39 is 0 Å². The molecule has 0 radical (unpaired) electrons. The highest BCUT2D eigenvalue weighted by molar-refractivity contribution is 5.88. The number of rotatable bonds is 5. The van der Waals surface area contributed by atoms with Crippen molar-refractivity contribution < 1.29 is 19.1 Å². The smallest absolute Gasteiger partial charge is 0.249 e. The van der Waals surface area contributed by atoms with Gasteiger partial charge in [-0.15, -0.1) is 0 Å². The van der Waals surface area contributed by atoms with Crippen molar-refractivity contribution in [3.05, 3.63) is 35.9 Å². The fourth-order valence-electron chi connectivity index (χ4n) is 3.23. The number of hydrogen-bond acceptors (Lipinski definition) is 4. The lowest BCUT2D eigenvalue weighted by molar-refractivity contribution is -0.148. The van der Waals surface area contributed by atoms with Gasteiger partial charge in [-0.25, -0.2) is 0 Å². The molecule has 6 heteroatoms. The van der Waals surface area contributed by atoms with Crippen molar-refractivity contribution in [2.24, 2.45) is 0 Å². The molecule has 1 aromatic rings. The van der Waals surface area contributed by atoms with Gasteiger partial charge >= 0.3 is 0 Å². The van der Waals surface area contributed by atoms with Gasteiger partial charge in [-0.2, -0.15) is 0 Å². The summed E-state index contributed by atoms with van der Waals surface area (Å²) in [7, 11) is 0. The van der Waals surface area contributed by atoms with Gasteiger partial charge in [-0.3, -0.25) is 9.59 Å².